The number of benzene rings is 2. The number of nitrogens with one attached hydrogen (secondary N) is 2. The zero-order chi connectivity index (χ0) is 24.4. The Hall–Kier alpha value is -4.44. The SMILES string of the molecule is Cc1cnc2c(N3CCOCC3)nc(-c3ccc(NC(=O)Nc4cccc(C(=O)O)c4)cc3)cn12. The Morgan fingerprint density at radius 2 is 1.77 bits per heavy atom. The number of imidazole rings is 1. The topological polar surface area (TPSA) is 121 Å². The lowest BCUT2D eigenvalue weighted by molar-refractivity contribution is 0.0697. The summed E-state index contributed by atoms with van der Waals surface area (Å²) < 4.78 is 7.53. The van der Waals surface area contributed by atoms with Crippen molar-refractivity contribution in [3.63, 3.8) is 0 Å². The molecule has 0 unspecified atom stereocenters. The zero-order valence-electron chi connectivity index (χ0n) is 19.1. The number of nitrogens with zero attached hydrogens (tertiary/aromatic N) is 4. The van der Waals surface area contributed by atoms with Gasteiger partial charge in [0.05, 0.1) is 24.5 Å². The molecule has 2 aromatic carbocycles. The van der Waals surface area contributed by atoms with Gasteiger partial charge in [-0.15, -0.1) is 0 Å². The molecule has 178 valence electrons. The van der Waals surface area contributed by atoms with Crippen LogP contribution in [0.4, 0.5) is 22.0 Å². The summed E-state index contributed by atoms with van der Waals surface area (Å²) in [5, 5.41) is 14.5. The fraction of sp³-hybridized carbons (Fsp3) is 0.200. The number of anilines is 3. The molecule has 0 radical (unpaired) electrons. The molecule has 2 aromatic heterocycles. The van der Waals surface area contributed by atoms with Gasteiger partial charge in [-0.2, -0.15) is 0 Å². The third kappa shape index (κ3) is 4.78. The number of ether oxygens (including phenoxy) is 1. The van der Waals surface area contributed by atoms with Gasteiger partial charge in [-0.25, -0.2) is 19.6 Å². The van der Waals surface area contributed by atoms with Gasteiger partial charge in [0, 0.05) is 48.1 Å². The predicted molar refractivity (Wildman–Crippen MR) is 132 cm³/mol. The van der Waals surface area contributed by atoms with E-state index in [1.165, 1.54) is 12.1 Å². The molecule has 1 fully saturated rings. The van der Waals surface area contributed by atoms with Crippen molar-refractivity contribution in [2.45, 2.75) is 6.92 Å². The van der Waals surface area contributed by atoms with Crippen LogP contribution in [-0.2, 0) is 4.74 Å². The van der Waals surface area contributed by atoms with Gasteiger partial charge in [-0.05, 0) is 37.3 Å². The maximum atomic E-state index is 12.4. The summed E-state index contributed by atoms with van der Waals surface area (Å²) in [6.07, 6.45) is 3.80. The van der Waals surface area contributed by atoms with E-state index in [2.05, 4.69) is 20.5 Å². The van der Waals surface area contributed by atoms with E-state index in [0.29, 0.717) is 24.6 Å². The minimum absolute atomic E-state index is 0.0983. The molecular formula is C25H24N6O4. The lowest BCUT2D eigenvalue weighted by atomic mass is 10.1. The number of amides is 2. The number of fused-ring (bicyclic) bond motifs is 1. The Morgan fingerprint density at radius 1 is 1.03 bits per heavy atom. The van der Waals surface area contributed by atoms with Gasteiger partial charge in [0.1, 0.15) is 0 Å². The number of aromatic carboxylic acids is 1. The average molecular weight is 473 g/mol. The molecule has 10 heteroatoms. The van der Waals surface area contributed by atoms with Crippen LogP contribution in [0, 0.1) is 6.92 Å². The maximum absolute atomic E-state index is 12.4. The summed E-state index contributed by atoms with van der Waals surface area (Å²) in [7, 11) is 0. The van der Waals surface area contributed by atoms with Crippen molar-refractivity contribution >= 4 is 34.8 Å². The van der Waals surface area contributed by atoms with Crippen LogP contribution in [0.2, 0.25) is 0 Å². The molecule has 1 aliphatic rings. The number of morpholine rings is 1. The molecule has 0 atom stereocenters. The van der Waals surface area contributed by atoms with Crippen molar-refractivity contribution in [1.29, 1.82) is 0 Å². The number of aromatic nitrogens is 3. The number of aryl methyl sites for hydroxylation is 1. The van der Waals surface area contributed by atoms with Crippen LogP contribution in [0.15, 0.2) is 60.9 Å². The number of hydrogen-bond donors (Lipinski definition) is 3. The molecule has 2 amide bonds. The Morgan fingerprint density at radius 3 is 2.51 bits per heavy atom. The monoisotopic (exact) mass is 472 g/mol. The van der Waals surface area contributed by atoms with Crippen LogP contribution < -0.4 is 15.5 Å². The fourth-order valence-corrected chi connectivity index (χ4v) is 3.96. The van der Waals surface area contributed by atoms with Crippen LogP contribution in [0.3, 0.4) is 0 Å². The third-order valence-corrected chi connectivity index (χ3v) is 5.78. The molecular weight excluding hydrogens is 448 g/mol. The Balaban J connectivity index is 1.35. The minimum Gasteiger partial charge on any atom is -0.478 e. The highest BCUT2D eigenvalue weighted by atomic mass is 16.5. The number of carbonyl (C=O) groups excluding carboxylic acids is 1. The minimum atomic E-state index is -1.06. The number of carboxylic acids is 1. The summed E-state index contributed by atoms with van der Waals surface area (Å²) >= 11 is 0. The number of urea groups is 1. The van der Waals surface area contributed by atoms with Gasteiger partial charge in [0.25, 0.3) is 0 Å². The summed E-state index contributed by atoms with van der Waals surface area (Å²) in [4.78, 5) is 35.2. The van der Waals surface area contributed by atoms with Crippen LogP contribution in [0.1, 0.15) is 16.1 Å². The average Bonchev–Trinajstić information content (AvgIpc) is 3.25. The van der Waals surface area contributed by atoms with Gasteiger partial charge in [0.2, 0.25) is 0 Å². The Kier molecular flexibility index (Phi) is 6.02. The van der Waals surface area contributed by atoms with Gasteiger partial charge >= 0.3 is 12.0 Å². The first-order valence-electron chi connectivity index (χ1n) is 11.2. The van der Waals surface area contributed by atoms with Crippen LogP contribution >= 0.6 is 0 Å². The van der Waals surface area contributed by atoms with Crippen LogP contribution in [0.5, 0.6) is 0 Å². The molecule has 1 saturated heterocycles. The van der Waals surface area contributed by atoms with E-state index in [1.807, 2.05) is 35.9 Å². The molecule has 0 spiro atoms. The van der Waals surface area contributed by atoms with E-state index < -0.39 is 12.0 Å². The molecule has 0 bridgehead atoms. The first kappa shape index (κ1) is 22.4. The number of carbonyl (C=O) groups is 2. The normalized spacial score (nSPS) is 13.6. The molecule has 3 heterocycles. The van der Waals surface area contributed by atoms with Gasteiger partial charge in [-0.1, -0.05) is 18.2 Å². The van der Waals surface area contributed by atoms with E-state index in [1.54, 1.807) is 24.3 Å². The highest BCUT2D eigenvalue weighted by Gasteiger charge is 2.19. The molecule has 5 rings (SSSR count). The lowest BCUT2D eigenvalue weighted by Crippen LogP contribution is -2.37. The van der Waals surface area contributed by atoms with Crippen molar-refractivity contribution in [3.05, 3.63) is 72.2 Å². The van der Waals surface area contributed by atoms with E-state index in [4.69, 9.17) is 14.8 Å². The Bertz CT molecular complexity index is 1390. The van der Waals surface area contributed by atoms with Crippen molar-refractivity contribution in [2.75, 3.05) is 41.8 Å². The molecule has 3 N–H and O–H groups in total. The first-order valence-corrected chi connectivity index (χ1v) is 11.2. The van der Waals surface area contributed by atoms with Crippen LogP contribution in [-0.4, -0.2) is 57.8 Å². The molecule has 10 nitrogen and oxygen atoms in total. The smallest absolute Gasteiger partial charge is 0.335 e. The van der Waals surface area contributed by atoms with Crippen LogP contribution in [0.25, 0.3) is 16.9 Å². The second kappa shape index (κ2) is 9.43. The molecule has 0 aliphatic carbocycles. The summed E-state index contributed by atoms with van der Waals surface area (Å²) in [6.45, 7) is 4.82. The fourth-order valence-electron chi connectivity index (χ4n) is 3.96. The molecule has 0 saturated carbocycles. The third-order valence-electron chi connectivity index (χ3n) is 5.78. The molecule has 35 heavy (non-hydrogen) atoms. The van der Waals surface area contributed by atoms with E-state index >= 15 is 0 Å². The van der Waals surface area contributed by atoms with E-state index in [-0.39, 0.29) is 5.56 Å². The highest BCUT2D eigenvalue weighted by molar-refractivity contribution is 6.00. The zero-order valence-corrected chi connectivity index (χ0v) is 19.1. The predicted octanol–water partition coefficient (Wildman–Crippen LogP) is 3.88. The second-order valence-corrected chi connectivity index (χ2v) is 8.18. The van der Waals surface area contributed by atoms with Gasteiger partial charge < -0.3 is 25.4 Å². The van der Waals surface area contributed by atoms with E-state index in [9.17, 15) is 9.59 Å². The summed E-state index contributed by atoms with van der Waals surface area (Å²) in [5.41, 5.74) is 4.60. The van der Waals surface area contributed by atoms with Crippen molar-refractivity contribution < 1.29 is 19.4 Å². The number of hydrogen-bond acceptors (Lipinski definition) is 6. The number of carboxylic acid groups (broad SMARTS) is 1. The second-order valence-electron chi connectivity index (χ2n) is 8.18. The molecule has 1 aliphatic heterocycles. The lowest BCUT2D eigenvalue weighted by Gasteiger charge is -2.28. The van der Waals surface area contributed by atoms with Crippen molar-refractivity contribution in [3.8, 4) is 11.3 Å². The van der Waals surface area contributed by atoms with Gasteiger partial charge in [0.15, 0.2) is 11.5 Å². The van der Waals surface area contributed by atoms with E-state index in [0.717, 1.165) is 41.5 Å². The quantitative estimate of drug-likeness (QED) is 0.403. The first-order chi connectivity index (χ1) is 17.0. The standard InChI is InChI=1S/C25H24N6O4/c1-16-14-26-22-23(30-9-11-35-12-10-30)29-21(15-31(16)22)17-5-7-19(8-6-17)27-25(34)28-20-4-2-3-18(13-20)24(32)33/h2-8,13-15H,9-12H2,1H3,(H,32,33)(H2,27,28,34). The van der Waals surface area contributed by atoms with Crippen molar-refractivity contribution in [1.82, 2.24) is 14.4 Å². The van der Waals surface area contributed by atoms with Gasteiger partial charge in [-0.3, -0.25) is 4.40 Å². The maximum Gasteiger partial charge on any atom is 0.335 e. The largest absolute Gasteiger partial charge is 0.478 e. The summed E-state index contributed by atoms with van der Waals surface area (Å²) in [5.74, 6) is -0.233. The van der Waals surface area contributed by atoms with Crippen molar-refractivity contribution in [2.24, 2.45) is 0 Å². The summed E-state index contributed by atoms with van der Waals surface area (Å²) in [6, 6.07) is 13.0. The highest BCUT2D eigenvalue weighted by Crippen LogP contribution is 2.27. The Labute approximate surface area is 201 Å². The molecule has 4 aromatic rings. The number of rotatable bonds is 5.